The van der Waals surface area contributed by atoms with Gasteiger partial charge in [0.05, 0.1) is 5.69 Å². The highest BCUT2D eigenvalue weighted by Crippen LogP contribution is 2.15. The molecule has 0 spiro atoms. The summed E-state index contributed by atoms with van der Waals surface area (Å²) in [5.41, 5.74) is 6.04. The van der Waals surface area contributed by atoms with E-state index >= 15 is 0 Å². The number of rotatable bonds is 2. The van der Waals surface area contributed by atoms with Gasteiger partial charge in [0.2, 0.25) is 0 Å². The van der Waals surface area contributed by atoms with Gasteiger partial charge >= 0.3 is 0 Å². The molecule has 1 aromatic carbocycles. The van der Waals surface area contributed by atoms with Gasteiger partial charge in [-0.25, -0.2) is 4.98 Å². The highest BCUT2D eigenvalue weighted by atomic mass is 15.0. The van der Waals surface area contributed by atoms with Crippen molar-refractivity contribution in [2.24, 2.45) is 0 Å². The molecule has 0 saturated heterocycles. The Balaban J connectivity index is 2.01. The summed E-state index contributed by atoms with van der Waals surface area (Å²) >= 11 is 0. The van der Waals surface area contributed by atoms with Gasteiger partial charge in [0.1, 0.15) is 5.65 Å². The highest BCUT2D eigenvalue weighted by Gasteiger charge is 2.05. The summed E-state index contributed by atoms with van der Waals surface area (Å²) in [4.78, 5) is 4.67. The predicted molar refractivity (Wildman–Crippen MR) is 73.9 cm³/mol. The highest BCUT2D eigenvalue weighted by molar-refractivity contribution is 5.42. The molecule has 18 heavy (non-hydrogen) atoms. The van der Waals surface area contributed by atoms with Crippen molar-refractivity contribution >= 4 is 5.65 Å². The van der Waals surface area contributed by atoms with Gasteiger partial charge in [0, 0.05) is 18.3 Å². The van der Waals surface area contributed by atoms with Gasteiger partial charge in [-0.1, -0.05) is 30.3 Å². The average Bonchev–Trinajstić information content (AvgIpc) is 2.76. The summed E-state index contributed by atoms with van der Waals surface area (Å²) in [5.74, 6) is 0. The number of hydrogen-bond acceptors (Lipinski definition) is 1. The zero-order chi connectivity index (χ0) is 12.5. The Labute approximate surface area is 107 Å². The van der Waals surface area contributed by atoms with Crippen LogP contribution in [0.2, 0.25) is 0 Å². The van der Waals surface area contributed by atoms with Crippen molar-refractivity contribution in [2.75, 3.05) is 0 Å². The first-order valence-electron chi connectivity index (χ1n) is 6.22. The Kier molecular flexibility index (Phi) is 2.63. The lowest BCUT2D eigenvalue weighted by atomic mass is 10.0. The molecule has 0 fully saturated rings. The van der Waals surface area contributed by atoms with Gasteiger partial charge in [-0.2, -0.15) is 0 Å². The van der Waals surface area contributed by atoms with Crippen LogP contribution in [-0.2, 0) is 6.42 Å². The van der Waals surface area contributed by atoms with E-state index in [1.54, 1.807) is 0 Å². The second kappa shape index (κ2) is 4.30. The third kappa shape index (κ3) is 1.90. The van der Waals surface area contributed by atoms with Gasteiger partial charge in [-0.15, -0.1) is 0 Å². The number of benzene rings is 1. The maximum atomic E-state index is 4.67. The van der Waals surface area contributed by atoms with Crippen LogP contribution in [0.15, 0.2) is 48.7 Å². The third-order valence-electron chi connectivity index (χ3n) is 3.38. The Hall–Kier alpha value is -2.09. The molecule has 3 aromatic rings. The normalized spacial score (nSPS) is 11.0. The van der Waals surface area contributed by atoms with Crippen LogP contribution in [0.3, 0.4) is 0 Å². The Morgan fingerprint density at radius 2 is 1.83 bits per heavy atom. The van der Waals surface area contributed by atoms with Crippen molar-refractivity contribution in [1.29, 1.82) is 0 Å². The minimum Gasteiger partial charge on any atom is -0.304 e. The van der Waals surface area contributed by atoms with E-state index < -0.39 is 0 Å². The molecule has 3 rings (SSSR count). The average molecular weight is 236 g/mol. The zero-order valence-corrected chi connectivity index (χ0v) is 10.7. The summed E-state index contributed by atoms with van der Waals surface area (Å²) in [6.07, 6.45) is 3.03. The molecule has 0 atom stereocenters. The lowest BCUT2D eigenvalue weighted by Gasteiger charge is -2.02. The van der Waals surface area contributed by atoms with Crippen LogP contribution in [0.5, 0.6) is 0 Å². The van der Waals surface area contributed by atoms with Crippen molar-refractivity contribution in [1.82, 2.24) is 9.38 Å². The second-order valence-electron chi connectivity index (χ2n) is 4.73. The fourth-order valence-corrected chi connectivity index (χ4v) is 2.29. The van der Waals surface area contributed by atoms with E-state index in [1.165, 1.54) is 16.8 Å². The van der Waals surface area contributed by atoms with Crippen LogP contribution >= 0.6 is 0 Å². The molecule has 0 saturated carbocycles. The number of pyridine rings is 1. The van der Waals surface area contributed by atoms with E-state index in [0.717, 1.165) is 17.8 Å². The molecule has 2 heterocycles. The Bertz CT molecular complexity index is 695. The maximum absolute atomic E-state index is 4.67. The largest absolute Gasteiger partial charge is 0.304 e. The van der Waals surface area contributed by atoms with Crippen LogP contribution in [-0.4, -0.2) is 9.38 Å². The quantitative estimate of drug-likeness (QED) is 0.665. The van der Waals surface area contributed by atoms with Crippen molar-refractivity contribution < 1.29 is 0 Å². The fraction of sp³-hybridized carbons (Fsp3) is 0.188. The number of nitrogens with zero attached hydrogens (tertiary/aromatic N) is 2. The maximum Gasteiger partial charge on any atom is 0.137 e. The van der Waals surface area contributed by atoms with Gasteiger partial charge in [-0.05, 0) is 37.1 Å². The molecule has 0 aliphatic rings. The van der Waals surface area contributed by atoms with E-state index in [9.17, 15) is 0 Å². The van der Waals surface area contributed by atoms with Crippen molar-refractivity contribution in [3.8, 4) is 0 Å². The lowest BCUT2D eigenvalue weighted by Crippen LogP contribution is -1.91. The molecular formula is C16H16N2. The molecule has 0 aliphatic carbocycles. The Morgan fingerprint density at radius 3 is 2.61 bits per heavy atom. The number of aryl methyl sites for hydroxylation is 2. The smallest absolute Gasteiger partial charge is 0.137 e. The summed E-state index contributed by atoms with van der Waals surface area (Å²) in [6, 6.07) is 14.7. The third-order valence-corrected chi connectivity index (χ3v) is 3.38. The molecular weight excluding hydrogens is 220 g/mol. The number of aromatic nitrogens is 2. The second-order valence-corrected chi connectivity index (χ2v) is 4.73. The van der Waals surface area contributed by atoms with Gasteiger partial charge in [-0.3, -0.25) is 0 Å². The molecule has 90 valence electrons. The van der Waals surface area contributed by atoms with E-state index in [-0.39, 0.29) is 0 Å². The van der Waals surface area contributed by atoms with Crippen molar-refractivity contribution in [2.45, 2.75) is 20.3 Å². The van der Waals surface area contributed by atoms with E-state index in [2.05, 4.69) is 65.8 Å². The fourth-order valence-electron chi connectivity index (χ4n) is 2.29. The molecule has 0 N–H and O–H groups in total. The molecule has 0 unspecified atom stereocenters. The molecule has 0 radical (unpaired) electrons. The van der Waals surface area contributed by atoms with Crippen LogP contribution in [0, 0.1) is 13.8 Å². The number of imidazole rings is 1. The summed E-state index contributed by atoms with van der Waals surface area (Å²) < 4.78 is 2.15. The van der Waals surface area contributed by atoms with Crippen LogP contribution < -0.4 is 0 Å². The van der Waals surface area contributed by atoms with Gasteiger partial charge < -0.3 is 4.40 Å². The molecule has 0 amide bonds. The molecule has 2 nitrogen and oxygen atoms in total. The minimum atomic E-state index is 0.897. The summed E-state index contributed by atoms with van der Waals surface area (Å²) in [5, 5.41) is 0. The van der Waals surface area contributed by atoms with Crippen LogP contribution in [0.1, 0.15) is 22.5 Å². The van der Waals surface area contributed by atoms with Crippen molar-refractivity contribution in [3.05, 3.63) is 71.2 Å². The molecule has 2 heteroatoms. The SMILES string of the molecule is Cc1ccccc1Cc1cn2c(C)cccc2n1. The molecule has 0 aliphatic heterocycles. The number of hydrogen-bond donors (Lipinski definition) is 0. The number of fused-ring (bicyclic) bond motifs is 1. The standard InChI is InChI=1S/C16H16N2/c1-12-6-3-4-8-14(12)10-15-11-18-13(2)7-5-9-16(18)17-15/h3-9,11H,10H2,1-2H3. The van der Waals surface area contributed by atoms with E-state index in [0.29, 0.717) is 0 Å². The Morgan fingerprint density at radius 1 is 1.00 bits per heavy atom. The first-order valence-corrected chi connectivity index (χ1v) is 6.22. The van der Waals surface area contributed by atoms with E-state index in [1.807, 2.05) is 6.07 Å². The van der Waals surface area contributed by atoms with Crippen molar-refractivity contribution in [3.63, 3.8) is 0 Å². The molecule has 2 aromatic heterocycles. The topological polar surface area (TPSA) is 17.3 Å². The molecule has 0 bridgehead atoms. The zero-order valence-electron chi connectivity index (χ0n) is 10.7. The van der Waals surface area contributed by atoms with Crippen LogP contribution in [0.25, 0.3) is 5.65 Å². The van der Waals surface area contributed by atoms with Crippen LogP contribution in [0.4, 0.5) is 0 Å². The van der Waals surface area contributed by atoms with Gasteiger partial charge in [0.15, 0.2) is 0 Å². The summed E-state index contributed by atoms with van der Waals surface area (Å²) in [6.45, 7) is 4.25. The van der Waals surface area contributed by atoms with Gasteiger partial charge in [0.25, 0.3) is 0 Å². The predicted octanol–water partition coefficient (Wildman–Crippen LogP) is 3.54. The van der Waals surface area contributed by atoms with E-state index in [4.69, 9.17) is 0 Å². The lowest BCUT2D eigenvalue weighted by molar-refractivity contribution is 1.07. The monoisotopic (exact) mass is 236 g/mol. The minimum absolute atomic E-state index is 0.897. The summed E-state index contributed by atoms with van der Waals surface area (Å²) in [7, 11) is 0. The first kappa shape index (κ1) is 11.0. The first-order chi connectivity index (χ1) is 8.74.